The SMILES string of the molecule is C=C(C)c1nc(N)ccc1CCC. The lowest BCUT2D eigenvalue weighted by Crippen LogP contribution is -1.99. The molecule has 0 aliphatic rings. The Hall–Kier alpha value is -1.31. The Bertz CT molecular complexity index is 316. The van der Waals surface area contributed by atoms with Crippen molar-refractivity contribution in [2.45, 2.75) is 26.7 Å². The average molecular weight is 176 g/mol. The molecule has 13 heavy (non-hydrogen) atoms. The summed E-state index contributed by atoms with van der Waals surface area (Å²) in [5, 5.41) is 0. The Morgan fingerprint density at radius 2 is 2.23 bits per heavy atom. The summed E-state index contributed by atoms with van der Waals surface area (Å²) in [6.45, 7) is 8.00. The molecule has 1 heterocycles. The van der Waals surface area contributed by atoms with Gasteiger partial charge in [-0.3, -0.25) is 0 Å². The molecule has 0 unspecified atom stereocenters. The van der Waals surface area contributed by atoms with E-state index in [-0.39, 0.29) is 0 Å². The molecule has 0 spiro atoms. The molecule has 1 rings (SSSR count). The second-order valence-electron chi connectivity index (χ2n) is 3.27. The van der Waals surface area contributed by atoms with Crippen LogP contribution in [0.25, 0.3) is 5.57 Å². The molecule has 70 valence electrons. The molecule has 0 aliphatic carbocycles. The first kappa shape index (κ1) is 9.78. The Morgan fingerprint density at radius 3 is 2.77 bits per heavy atom. The van der Waals surface area contributed by atoms with Crippen LogP contribution >= 0.6 is 0 Å². The van der Waals surface area contributed by atoms with E-state index in [4.69, 9.17) is 5.73 Å². The molecule has 0 aliphatic heterocycles. The van der Waals surface area contributed by atoms with Crippen molar-refractivity contribution >= 4 is 11.4 Å². The van der Waals surface area contributed by atoms with Gasteiger partial charge in [-0.15, -0.1) is 0 Å². The molecular weight excluding hydrogens is 160 g/mol. The second-order valence-corrected chi connectivity index (χ2v) is 3.27. The van der Waals surface area contributed by atoms with Gasteiger partial charge in [-0.25, -0.2) is 4.98 Å². The number of nitrogen functional groups attached to an aromatic ring is 1. The average Bonchev–Trinajstić information content (AvgIpc) is 2.08. The maximum absolute atomic E-state index is 5.61. The lowest BCUT2D eigenvalue weighted by molar-refractivity contribution is 0.909. The number of pyridine rings is 1. The third kappa shape index (κ3) is 2.31. The highest BCUT2D eigenvalue weighted by molar-refractivity contribution is 5.62. The van der Waals surface area contributed by atoms with Gasteiger partial charge >= 0.3 is 0 Å². The summed E-state index contributed by atoms with van der Waals surface area (Å²) in [5.74, 6) is 0.567. The Balaban J connectivity index is 3.10. The van der Waals surface area contributed by atoms with Crippen molar-refractivity contribution in [3.05, 3.63) is 30.0 Å². The van der Waals surface area contributed by atoms with E-state index in [0.29, 0.717) is 5.82 Å². The third-order valence-corrected chi connectivity index (χ3v) is 1.92. The molecule has 0 atom stereocenters. The van der Waals surface area contributed by atoms with Crippen LogP contribution in [-0.2, 0) is 6.42 Å². The summed E-state index contributed by atoms with van der Waals surface area (Å²) in [6.07, 6.45) is 2.15. The summed E-state index contributed by atoms with van der Waals surface area (Å²) in [4.78, 5) is 4.27. The molecule has 0 saturated heterocycles. The Morgan fingerprint density at radius 1 is 1.54 bits per heavy atom. The van der Waals surface area contributed by atoms with Gasteiger partial charge in [0.1, 0.15) is 5.82 Å². The van der Waals surface area contributed by atoms with Crippen molar-refractivity contribution in [1.82, 2.24) is 4.98 Å². The molecular formula is C11H16N2. The van der Waals surface area contributed by atoms with Crippen LogP contribution in [-0.4, -0.2) is 4.98 Å². The smallest absolute Gasteiger partial charge is 0.124 e. The molecule has 2 N–H and O–H groups in total. The summed E-state index contributed by atoms with van der Waals surface area (Å²) in [6, 6.07) is 3.88. The number of aromatic nitrogens is 1. The third-order valence-electron chi connectivity index (χ3n) is 1.92. The molecule has 2 nitrogen and oxygen atoms in total. The Labute approximate surface area is 79.5 Å². The van der Waals surface area contributed by atoms with Crippen LogP contribution in [0.4, 0.5) is 5.82 Å². The number of hydrogen-bond donors (Lipinski definition) is 1. The minimum absolute atomic E-state index is 0.567. The van der Waals surface area contributed by atoms with Gasteiger partial charge in [0.25, 0.3) is 0 Å². The van der Waals surface area contributed by atoms with Crippen molar-refractivity contribution in [2.24, 2.45) is 0 Å². The van der Waals surface area contributed by atoms with Crippen molar-refractivity contribution < 1.29 is 0 Å². The first-order chi connectivity index (χ1) is 6.15. The van der Waals surface area contributed by atoms with Gasteiger partial charge in [-0.05, 0) is 30.5 Å². The zero-order chi connectivity index (χ0) is 9.84. The van der Waals surface area contributed by atoms with Crippen LogP contribution in [0.5, 0.6) is 0 Å². The maximum Gasteiger partial charge on any atom is 0.124 e. The highest BCUT2D eigenvalue weighted by Crippen LogP contribution is 2.17. The quantitative estimate of drug-likeness (QED) is 0.769. The lowest BCUT2D eigenvalue weighted by atomic mass is 10.0. The number of hydrogen-bond acceptors (Lipinski definition) is 2. The molecule has 1 aromatic heterocycles. The minimum Gasteiger partial charge on any atom is -0.384 e. The molecule has 0 fully saturated rings. The van der Waals surface area contributed by atoms with Gasteiger partial charge in [-0.2, -0.15) is 0 Å². The number of aryl methyl sites for hydroxylation is 1. The molecule has 0 amide bonds. The molecule has 1 aromatic rings. The fourth-order valence-corrected chi connectivity index (χ4v) is 1.34. The van der Waals surface area contributed by atoms with E-state index in [0.717, 1.165) is 24.1 Å². The minimum atomic E-state index is 0.567. The van der Waals surface area contributed by atoms with Crippen LogP contribution in [0, 0.1) is 0 Å². The predicted octanol–water partition coefficient (Wildman–Crippen LogP) is 2.65. The van der Waals surface area contributed by atoms with Crippen molar-refractivity contribution in [3.63, 3.8) is 0 Å². The number of allylic oxidation sites excluding steroid dienone is 1. The van der Waals surface area contributed by atoms with Crippen LogP contribution in [0.3, 0.4) is 0 Å². The highest BCUT2D eigenvalue weighted by Gasteiger charge is 2.03. The van der Waals surface area contributed by atoms with Crippen LogP contribution in [0.1, 0.15) is 31.5 Å². The Kier molecular flexibility index (Phi) is 3.07. The van der Waals surface area contributed by atoms with Crippen LogP contribution in [0.15, 0.2) is 18.7 Å². The van der Waals surface area contributed by atoms with E-state index in [2.05, 4.69) is 18.5 Å². The monoisotopic (exact) mass is 176 g/mol. The summed E-state index contributed by atoms with van der Waals surface area (Å²) < 4.78 is 0. The van der Waals surface area contributed by atoms with E-state index < -0.39 is 0 Å². The largest absolute Gasteiger partial charge is 0.384 e. The number of rotatable bonds is 3. The number of nitrogens with zero attached hydrogens (tertiary/aromatic N) is 1. The fraction of sp³-hybridized carbons (Fsp3) is 0.364. The second kappa shape index (κ2) is 4.08. The molecule has 0 bridgehead atoms. The number of nitrogens with two attached hydrogens (primary N) is 1. The van der Waals surface area contributed by atoms with E-state index >= 15 is 0 Å². The van der Waals surface area contributed by atoms with E-state index in [1.165, 1.54) is 5.56 Å². The van der Waals surface area contributed by atoms with Crippen molar-refractivity contribution in [3.8, 4) is 0 Å². The normalized spacial score (nSPS) is 10.0. The van der Waals surface area contributed by atoms with Gasteiger partial charge in [0.05, 0.1) is 5.69 Å². The fourth-order valence-electron chi connectivity index (χ4n) is 1.34. The number of anilines is 1. The molecule has 0 aromatic carbocycles. The zero-order valence-electron chi connectivity index (χ0n) is 8.30. The van der Waals surface area contributed by atoms with Crippen molar-refractivity contribution in [1.29, 1.82) is 0 Å². The first-order valence-corrected chi connectivity index (χ1v) is 4.56. The first-order valence-electron chi connectivity index (χ1n) is 4.56. The topological polar surface area (TPSA) is 38.9 Å². The van der Waals surface area contributed by atoms with E-state index in [1.54, 1.807) is 0 Å². The standard InChI is InChI=1S/C11H16N2/c1-4-5-9-6-7-10(12)13-11(9)8(2)3/h6-7H,2,4-5H2,1,3H3,(H2,12,13). The summed E-state index contributed by atoms with van der Waals surface area (Å²) in [5.41, 5.74) is 8.79. The van der Waals surface area contributed by atoms with Gasteiger partial charge in [-0.1, -0.05) is 26.0 Å². The lowest BCUT2D eigenvalue weighted by Gasteiger charge is -2.07. The van der Waals surface area contributed by atoms with Crippen molar-refractivity contribution in [2.75, 3.05) is 5.73 Å². The van der Waals surface area contributed by atoms with Gasteiger partial charge in [0.2, 0.25) is 0 Å². The molecule has 2 heteroatoms. The molecule has 0 radical (unpaired) electrons. The summed E-state index contributed by atoms with van der Waals surface area (Å²) >= 11 is 0. The van der Waals surface area contributed by atoms with Crippen LogP contribution < -0.4 is 5.73 Å². The van der Waals surface area contributed by atoms with E-state index in [9.17, 15) is 0 Å². The zero-order valence-corrected chi connectivity index (χ0v) is 8.30. The highest BCUT2D eigenvalue weighted by atomic mass is 14.8. The predicted molar refractivity (Wildman–Crippen MR) is 57.4 cm³/mol. The van der Waals surface area contributed by atoms with Gasteiger partial charge in [0.15, 0.2) is 0 Å². The summed E-state index contributed by atoms with van der Waals surface area (Å²) in [7, 11) is 0. The molecule has 0 saturated carbocycles. The van der Waals surface area contributed by atoms with Gasteiger partial charge < -0.3 is 5.73 Å². The van der Waals surface area contributed by atoms with Gasteiger partial charge in [0, 0.05) is 0 Å². The maximum atomic E-state index is 5.61. The van der Waals surface area contributed by atoms with Crippen LogP contribution in [0.2, 0.25) is 0 Å². The van der Waals surface area contributed by atoms with E-state index in [1.807, 2.05) is 19.1 Å².